The van der Waals surface area contributed by atoms with Gasteiger partial charge in [-0.2, -0.15) is 5.10 Å². The number of rotatable bonds is 1. The van der Waals surface area contributed by atoms with Crippen molar-refractivity contribution in [2.24, 2.45) is 0 Å². The molecule has 2 rings (SSSR count). The van der Waals surface area contributed by atoms with Gasteiger partial charge >= 0.3 is 0 Å². The highest BCUT2D eigenvalue weighted by atomic mass is 127. The molecule has 0 amide bonds. The van der Waals surface area contributed by atoms with Crippen LogP contribution in [0.15, 0.2) is 24.3 Å². The maximum Gasteiger partial charge on any atom is 0.0785 e. The Hall–Kier alpha value is -0.840. The fourth-order valence-corrected chi connectivity index (χ4v) is 2.58. The second-order valence-electron chi connectivity index (χ2n) is 5.76. The average Bonchev–Trinajstić information content (AvgIpc) is 2.56. The third kappa shape index (κ3) is 2.60. The smallest absolute Gasteiger partial charge is 0.0785 e. The van der Waals surface area contributed by atoms with E-state index in [1.54, 1.807) is 0 Å². The maximum atomic E-state index is 4.58. The van der Waals surface area contributed by atoms with Gasteiger partial charge in [0.25, 0.3) is 0 Å². The third-order valence-corrected chi connectivity index (χ3v) is 3.96. The van der Waals surface area contributed by atoms with Crippen LogP contribution in [-0.4, -0.2) is 9.78 Å². The van der Waals surface area contributed by atoms with Gasteiger partial charge in [0.05, 0.1) is 11.4 Å². The van der Waals surface area contributed by atoms with Gasteiger partial charge in [-0.3, -0.25) is 0 Å². The molecule has 1 aromatic heterocycles. The number of hydrogen-bond donors (Lipinski definition) is 0. The summed E-state index contributed by atoms with van der Waals surface area (Å²) >= 11 is 2.37. The van der Waals surface area contributed by atoms with E-state index in [1.807, 2.05) is 11.6 Å². The lowest BCUT2D eigenvalue weighted by Gasteiger charge is -2.20. The van der Waals surface area contributed by atoms with Crippen molar-refractivity contribution in [3.05, 3.63) is 44.8 Å². The minimum Gasteiger partial charge on any atom is -0.237 e. The van der Waals surface area contributed by atoms with Crippen molar-refractivity contribution in [3.63, 3.8) is 0 Å². The number of halogens is 1. The van der Waals surface area contributed by atoms with E-state index in [9.17, 15) is 0 Å². The lowest BCUT2D eigenvalue weighted by Crippen LogP contribution is -2.13. The highest BCUT2D eigenvalue weighted by Crippen LogP contribution is 2.27. The predicted octanol–water partition coefficient (Wildman–Crippen LogP) is 4.39. The Morgan fingerprint density at radius 1 is 1.11 bits per heavy atom. The fourth-order valence-electron chi connectivity index (χ4n) is 2.01. The molecule has 1 aromatic carbocycles. The average molecular weight is 354 g/mol. The van der Waals surface area contributed by atoms with E-state index in [0.717, 1.165) is 5.69 Å². The summed E-state index contributed by atoms with van der Waals surface area (Å²) < 4.78 is 3.26. The van der Waals surface area contributed by atoms with Gasteiger partial charge < -0.3 is 0 Å². The predicted molar refractivity (Wildman–Crippen MR) is 84.5 cm³/mol. The second-order valence-corrected chi connectivity index (χ2v) is 6.92. The highest BCUT2D eigenvalue weighted by Gasteiger charge is 2.16. The van der Waals surface area contributed by atoms with Gasteiger partial charge in [0, 0.05) is 9.26 Å². The summed E-state index contributed by atoms with van der Waals surface area (Å²) in [5, 5.41) is 4.58. The van der Waals surface area contributed by atoms with Gasteiger partial charge in [0.15, 0.2) is 0 Å². The molecule has 0 aliphatic heterocycles. The molecular weight excluding hydrogens is 335 g/mol. The summed E-state index contributed by atoms with van der Waals surface area (Å²) in [6.07, 6.45) is 0. The van der Waals surface area contributed by atoms with Crippen molar-refractivity contribution in [3.8, 4) is 5.69 Å². The van der Waals surface area contributed by atoms with Crippen molar-refractivity contribution in [2.45, 2.75) is 40.0 Å². The zero-order valence-electron chi connectivity index (χ0n) is 11.6. The summed E-state index contributed by atoms with van der Waals surface area (Å²) in [7, 11) is 0. The summed E-state index contributed by atoms with van der Waals surface area (Å²) in [6.45, 7) is 10.8. The van der Waals surface area contributed by atoms with Gasteiger partial charge in [-0.25, -0.2) is 4.68 Å². The van der Waals surface area contributed by atoms with Crippen molar-refractivity contribution in [1.29, 1.82) is 0 Å². The second kappa shape index (κ2) is 4.68. The number of benzene rings is 1. The molecule has 0 aliphatic rings. The molecule has 0 N–H and O–H groups in total. The van der Waals surface area contributed by atoms with Crippen LogP contribution in [0.5, 0.6) is 0 Å². The highest BCUT2D eigenvalue weighted by molar-refractivity contribution is 14.1. The number of hydrogen-bond acceptors (Lipinski definition) is 1. The fraction of sp³-hybridized carbons (Fsp3) is 0.400. The molecule has 0 spiro atoms. The first-order chi connectivity index (χ1) is 8.29. The molecule has 0 atom stereocenters. The molecule has 0 aliphatic carbocycles. The Kier molecular flexibility index (Phi) is 3.54. The van der Waals surface area contributed by atoms with Crippen LogP contribution in [-0.2, 0) is 5.41 Å². The lowest BCUT2D eigenvalue weighted by atomic mass is 9.87. The molecule has 96 valence electrons. The molecular formula is C15H19IN2. The first kappa shape index (κ1) is 13.6. The zero-order valence-corrected chi connectivity index (χ0v) is 13.7. The minimum absolute atomic E-state index is 0.162. The van der Waals surface area contributed by atoms with Gasteiger partial charge in [-0.05, 0) is 65.6 Å². The third-order valence-electron chi connectivity index (χ3n) is 3.05. The van der Waals surface area contributed by atoms with E-state index >= 15 is 0 Å². The molecule has 0 saturated carbocycles. The zero-order chi connectivity index (χ0) is 13.5. The van der Waals surface area contributed by atoms with Crippen LogP contribution in [0.2, 0.25) is 0 Å². The normalized spacial score (nSPS) is 11.9. The molecule has 18 heavy (non-hydrogen) atoms. The Balaban J connectivity index is 2.60. The summed E-state index contributed by atoms with van der Waals surface area (Å²) in [6, 6.07) is 8.74. The van der Waals surface area contributed by atoms with Gasteiger partial charge in [0.2, 0.25) is 0 Å². The maximum absolute atomic E-state index is 4.58. The molecule has 0 radical (unpaired) electrons. The molecule has 0 bridgehead atoms. The molecule has 0 unspecified atom stereocenters. The van der Waals surface area contributed by atoms with Crippen LogP contribution in [0.4, 0.5) is 0 Å². The van der Waals surface area contributed by atoms with Crippen LogP contribution in [0.1, 0.15) is 37.7 Å². The summed E-state index contributed by atoms with van der Waals surface area (Å²) in [5.41, 5.74) is 4.91. The SMILES string of the molecule is Cc1cc(C)n(-c2cc(C(C)(C)C)ccc2I)n1. The van der Waals surface area contributed by atoms with E-state index in [4.69, 9.17) is 0 Å². The van der Waals surface area contributed by atoms with E-state index in [1.165, 1.54) is 20.5 Å². The topological polar surface area (TPSA) is 17.8 Å². The van der Waals surface area contributed by atoms with Crippen molar-refractivity contribution in [2.75, 3.05) is 0 Å². The van der Waals surface area contributed by atoms with Gasteiger partial charge in [-0.15, -0.1) is 0 Å². The summed E-state index contributed by atoms with van der Waals surface area (Å²) in [5.74, 6) is 0. The van der Waals surface area contributed by atoms with E-state index < -0.39 is 0 Å². The minimum atomic E-state index is 0.162. The molecule has 0 fully saturated rings. The molecule has 0 saturated heterocycles. The van der Waals surface area contributed by atoms with Crippen LogP contribution in [0.25, 0.3) is 5.69 Å². The van der Waals surface area contributed by atoms with Crippen LogP contribution >= 0.6 is 22.6 Å². The first-order valence-electron chi connectivity index (χ1n) is 6.13. The Morgan fingerprint density at radius 2 is 1.78 bits per heavy atom. The number of aryl methyl sites for hydroxylation is 2. The van der Waals surface area contributed by atoms with E-state index in [-0.39, 0.29) is 5.41 Å². The van der Waals surface area contributed by atoms with E-state index in [0.29, 0.717) is 0 Å². The Morgan fingerprint density at radius 3 is 2.28 bits per heavy atom. The van der Waals surface area contributed by atoms with E-state index in [2.05, 4.69) is 79.6 Å². The van der Waals surface area contributed by atoms with Gasteiger partial charge in [-0.1, -0.05) is 26.8 Å². The standard InChI is InChI=1S/C15H19IN2/c1-10-8-11(2)18(17-10)14-9-12(15(3,4)5)6-7-13(14)16/h6-9H,1-5H3. The molecule has 3 heteroatoms. The van der Waals surface area contributed by atoms with Crippen molar-refractivity contribution in [1.82, 2.24) is 9.78 Å². The van der Waals surface area contributed by atoms with Crippen LogP contribution in [0.3, 0.4) is 0 Å². The largest absolute Gasteiger partial charge is 0.237 e. The Labute approximate surface area is 123 Å². The van der Waals surface area contributed by atoms with Crippen LogP contribution in [0, 0.1) is 17.4 Å². The monoisotopic (exact) mass is 354 g/mol. The molecule has 2 aromatic rings. The van der Waals surface area contributed by atoms with Gasteiger partial charge in [0.1, 0.15) is 0 Å². The quantitative estimate of drug-likeness (QED) is 0.695. The first-order valence-corrected chi connectivity index (χ1v) is 7.20. The number of nitrogens with zero attached hydrogens (tertiary/aromatic N) is 2. The lowest BCUT2D eigenvalue weighted by molar-refractivity contribution is 0.589. The molecule has 1 heterocycles. The Bertz CT molecular complexity index is 577. The summed E-state index contributed by atoms with van der Waals surface area (Å²) in [4.78, 5) is 0. The van der Waals surface area contributed by atoms with Crippen molar-refractivity contribution >= 4 is 22.6 Å². The number of aromatic nitrogens is 2. The van der Waals surface area contributed by atoms with Crippen molar-refractivity contribution < 1.29 is 0 Å². The van der Waals surface area contributed by atoms with Crippen LogP contribution < -0.4 is 0 Å². The molecule has 2 nitrogen and oxygen atoms in total.